The minimum Gasteiger partial charge on any atom is -0.352 e. The third-order valence-electron chi connectivity index (χ3n) is 4.12. The lowest BCUT2D eigenvalue weighted by Gasteiger charge is -2.11. The van der Waals surface area contributed by atoms with Crippen LogP contribution in [0.4, 0.5) is 5.69 Å². The highest BCUT2D eigenvalue weighted by atomic mass is 16.2. The van der Waals surface area contributed by atoms with E-state index in [1.165, 1.54) is 0 Å². The van der Waals surface area contributed by atoms with Gasteiger partial charge in [0.2, 0.25) is 0 Å². The Morgan fingerprint density at radius 2 is 1.54 bits per heavy atom. The fraction of sp³-hybridized carbons (Fsp3) is 0.333. The molecule has 0 fully saturated rings. The van der Waals surface area contributed by atoms with E-state index >= 15 is 0 Å². The first-order chi connectivity index (χ1) is 12.5. The van der Waals surface area contributed by atoms with E-state index in [2.05, 4.69) is 22.5 Å². The Morgan fingerprint density at radius 1 is 0.923 bits per heavy atom. The molecule has 0 saturated carbocycles. The summed E-state index contributed by atoms with van der Waals surface area (Å²) >= 11 is 0. The van der Waals surface area contributed by atoms with Crippen molar-refractivity contribution in [3.63, 3.8) is 0 Å². The molecule has 5 nitrogen and oxygen atoms in total. The van der Waals surface area contributed by atoms with Gasteiger partial charge in [-0.15, -0.1) is 0 Å². The molecular formula is C21H27N3O2. The van der Waals surface area contributed by atoms with Crippen LogP contribution in [0.1, 0.15) is 39.6 Å². The summed E-state index contributed by atoms with van der Waals surface area (Å²) in [5, 5.41) is 5.83. The van der Waals surface area contributed by atoms with Gasteiger partial charge < -0.3 is 15.5 Å². The molecule has 0 aromatic heterocycles. The minimum absolute atomic E-state index is 0.118. The van der Waals surface area contributed by atoms with Gasteiger partial charge in [0.25, 0.3) is 11.8 Å². The first-order valence-electron chi connectivity index (χ1n) is 8.93. The van der Waals surface area contributed by atoms with Gasteiger partial charge >= 0.3 is 0 Å². The second kappa shape index (κ2) is 9.73. The van der Waals surface area contributed by atoms with E-state index in [0.717, 1.165) is 30.6 Å². The summed E-state index contributed by atoms with van der Waals surface area (Å²) in [6.45, 7) is 3.61. The lowest BCUT2D eigenvalue weighted by atomic mass is 10.1. The third kappa shape index (κ3) is 5.70. The zero-order chi connectivity index (χ0) is 18.9. The number of hydrogen-bond donors (Lipinski definition) is 2. The topological polar surface area (TPSA) is 61.4 Å². The molecule has 0 aliphatic rings. The zero-order valence-corrected chi connectivity index (χ0v) is 15.7. The summed E-state index contributed by atoms with van der Waals surface area (Å²) in [6, 6.07) is 14.5. The zero-order valence-electron chi connectivity index (χ0n) is 15.7. The fourth-order valence-corrected chi connectivity index (χ4v) is 2.62. The van der Waals surface area contributed by atoms with E-state index in [4.69, 9.17) is 0 Å². The van der Waals surface area contributed by atoms with Crippen molar-refractivity contribution in [2.45, 2.75) is 19.8 Å². The quantitative estimate of drug-likeness (QED) is 0.717. The minimum atomic E-state index is -0.177. The maximum atomic E-state index is 12.4. The maximum absolute atomic E-state index is 12.4. The van der Waals surface area contributed by atoms with Crippen LogP contribution in [-0.4, -0.2) is 43.9 Å². The molecule has 2 amide bonds. The SMILES string of the molecule is CCc1ccccc1NC(=O)c1ccc(C(=O)NCCCN(C)C)cc1. The highest BCUT2D eigenvalue weighted by molar-refractivity contribution is 6.05. The summed E-state index contributed by atoms with van der Waals surface area (Å²) < 4.78 is 0. The van der Waals surface area contributed by atoms with E-state index in [1.54, 1.807) is 24.3 Å². The van der Waals surface area contributed by atoms with E-state index in [9.17, 15) is 9.59 Å². The van der Waals surface area contributed by atoms with Gasteiger partial charge in [0.05, 0.1) is 0 Å². The van der Waals surface area contributed by atoms with E-state index in [0.29, 0.717) is 17.7 Å². The highest BCUT2D eigenvalue weighted by Crippen LogP contribution is 2.17. The number of carbonyl (C=O) groups excluding carboxylic acids is 2. The molecule has 0 unspecified atom stereocenters. The van der Waals surface area contributed by atoms with Gasteiger partial charge in [0, 0.05) is 23.4 Å². The molecule has 0 radical (unpaired) electrons. The van der Waals surface area contributed by atoms with Gasteiger partial charge in [-0.1, -0.05) is 25.1 Å². The average molecular weight is 353 g/mol. The predicted octanol–water partition coefficient (Wildman–Crippen LogP) is 3.18. The van der Waals surface area contributed by atoms with Gasteiger partial charge in [-0.05, 0) is 69.4 Å². The van der Waals surface area contributed by atoms with E-state index in [1.807, 2.05) is 38.4 Å². The molecule has 0 spiro atoms. The molecule has 0 aliphatic carbocycles. The molecule has 0 heterocycles. The number of para-hydroxylation sites is 1. The van der Waals surface area contributed by atoms with Crippen molar-refractivity contribution >= 4 is 17.5 Å². The van der Waals surface area contributed by atoms with Gasteiger partial charge in [0.15, 0.2) is 0 Å². The average Bonchev–Trinajstić information content (AvgIpc) is 2.65. The predicted molar refractivity (Wildman–Crippen MR) is 106 cm³/mol. The third-order valence-corrected chi connectivity index (χ3v) is 4.12. The largest absolute Gasteiger partial charge is 0.352 e. The van der Waals surface area contributed by atoms with Crippen LogP contribution in [0.15, 0.2) is 48.5 Å². The lowest BCUT2D eigenvalue weighted by Crippen LogP contribution is -2.27. The van der Waals surface area contributed by atoms with Crippen molar-refractivity contribution in [3.05, 3.63) is 65.2 Å². The Morgan fingerprint density at radius 3 is 2.15 bits per heavy atom. The molecule has 5 heteroatoms. The number of rotatable bonds is 8. The standard InChI is InChI=1S/C21H27N3O2/c1-4-16-8-5-6-9-19(16)23-21(26)18-12-10-17(11-13-18)20(25)22-14-7-15-24(2)3/h5-6,8-13H,4,7,14-15H2,1-3H3,(H,22,25)(H,23,26). The molecule has 0 aliphatic heterocycles. The van der Waals surface area contributed by atoms with Crippen molar-refractivity contribution in [1.82, 2.24) is 10.2 Å². The first kappa shape index (κ1) is 19.7. The lowest BCUT2D eigenvalue weighted by molar-refractivity contribution is 0.0950. The number of nitrogens with zero attached hydrogens (tertiary/aromatic N) is 1. The van der Waals surface area contributed by atoms with Crippen LogP contribution in [0.25, 0.3) is 0 Å². The molecule has 2 aromatic rings. The van der Waals surface area contributed by atoms with Crippen LogP contribution in [0, 0.1) is 0 Å². The Balaban J connectivity index is 1.93. The number of amides is 2. The van der Waals surface area contributed by atoms with E-state index < -0.39 is 0 Å². The molecule has 2 aromatic carbocycles. The summed E-state index contributed by atoms with van der Waals surface area (Å²) in [6.07, 6.45) is 1.75. The highest BCUT2D eigenvalue weighted by Gasteiger charge is 2.10. The summed E-state index contributed by atoms with van der Waals surface area (Å²) in [5.74, 6) is -0.295. The van der Waals surface area contributed by atoms with Crippen LogP contribution in [0.2, 0.25) is 0 Å². The van der Waals surface area contributed by atoms with Gasteiger partial charge in [-0.25, -0.2) is 0 Å². The van der Waals surface area contributed by atoms with Crippen LogP contribution in [0.3, 0.4) is 0 Å². The van der Waals surface area contributed by atoms with Crippen LogP contribution in [0.5, 0.6) is 0 Å². The van der Waals surface area contributed by atoms with Crippen molar-refractivity contribution < 1.29 is 9.59 Å². The first-order valence-corrected chi connectivity index (χ1v) is 8.93. The summed E-state index contributed by atoms with van der Waals surface area (Å²) in [5.41, 5.74) is 3.00. The molecule has 2 rings (SSSR count). The van der Waals surface area contributed by atoms with Gasteiger partial charge in [-0.2, -0.15) is 0 Å². The van der Waals surface area contributed by atoms with Crippen LogP contribution < -0.4 is 10.6 Å². The number of carbonyl (C=O) groups is 2. The Kier molecular flexibility index (Phi) is 7.36. The second-order valence-corrected chi connectivity index (χ2v) is 6.45. The van der Waals surface area contributed by atoms with Crippen molar-refractivity contribution in [1.29, 1.82) is 0 Å². The Hall–Kier alpha value is -2.66. The number of aryl methyl sites for hydroxylation is 1. The van der Waals surface area contributed by atoms with Crippen molar-refractivity contribution in [2.24, 2.45) is 0 Å². The molecular weight excluding hydrogens is 326 g/mol. The Bertz CT molecular complexity index is 739. The number of anilines is 1. The second-order valence-electron chi connectivity index (χ2n) is 6.45. The molecule has 2 N–H and O–H groups in total. The van der Waals surface area contributed by atoms with Crippen LogP contribution >= 0.6 is 0 Å². The normalized spacial score (nSPS) is 10.6. The van der Waals surface area contributed by atoms with Crippen molar-refractivity contribution in [3.8, 4) is 0 Å². The maximum Gasteiger partial charge on any atom is 0.255 e. The Labute approximate surface area is 155 Å². The number of hydrogen-bond acceptors (Lipinski definition) is 3. The smallest absolute Gasteiger partial charge is 0.255 e. The van der Waals surface area contributed by atoms with Crippen molar-refractivity contribution in [2.75, 3.05) is 32.5 Å². The number of benzene rings is 2. The van der Waals surface area contributed by atoms with Gasteiger partial charge in [0.1, 0.15) is 0 Å². The molecule has 138 valence electrons. The summed E-state index contributed by atoms with van der Waals surface area (Å²) in [4.78, 5) is 26.6. The molecule has 0 bridgehead atoms. The molecule has 0 saturated heterocycles. The number of nitrogens with one attached hydrogen (secondary N) is 2. The van der Waals surface area contributed by atoms with E-state index in [-0.39, 0.29) is 11.8 Å². The van der Waals surface area contributed by atoms with Gasteiger partial charge in [-0.3, -0.25) is 9.59 Å². The monoisotopic (exact) mass is 353 g/mol. The molecule has 26 heavy (non-hydrogen) atoms. The fourth-order valence-electron chi connectivity index (χ4n) is 2.62. The summed E-state index contributed by atoms with van der Waals surface area (Å²) in [7, 11) is 4.01. The van der Waals surface area contributed by atoms with Crippen LogP contribution in [-0.2, 0) is 6.42 Å². The molecule has 0 atom stereocenters.